The van der Waals surface area contributed by atoms with E-state index >= 15 is 0 Å². The summed E-state index contributed by atoms with van der Waals surface area (Å²) in [4.78, 5) is 19.3. The molecule has 1 aromatic rings. The predicted molar refractivity (Wildman–Crippen MR) is 55.9 cm³/mol. The number of carboxylic acids is 2. The number of benzene rings is 1. The molecule has 0 amide bonds. The monoisotopic (exact) mass is 244 g/mol. The van der Waals surface area contributed by atoms with Crippen molar-refractivity contribution in [2.45, 2.75) is 12.8 Å². The molecule has 0 aliphatic carbocycles. The van der Waals surface area contributed by atoms with Gasteiger partial charge in [-0.25, -0.2) is 0 Å². The van der Waals surface area contributed by atoms with Gasteiger partial charge in [-0.1, -0.05) is 0 Å². The molecule has 0 bridgehead atoms. The quantitative estimate of drug-likeness (QED) is 0.529. The van der Waals surface area contributed by atoms with Crippen LogP contribution in [0.15, 0.2) is 18.2 Å². The third kappa shape index (κ3) is 8.55. The number of aromatic hydroxyl groups is 3. The molecule has 7 nitrogen and oxygen atoms in total. The molecule has 7 heteroatoms. The van der Waals surface area contributed by atoms with Gasteiger partial charge in [0, 0.05) is 18.2 Å². The maximum absolute atomic E-state index is 9.64. The largest absolute Gasteiger partial charge is 0.508 e. The van der Waals surface area contributed by atoms with Gasteiger partial charge in [0.2, 0.25) is 0 Å². The van der Waals surface area contributed by atoms with E-state index in [4.69, 9.17) is 25.5 Å². The number of hydrogen-bond donors (Lipinski definition) is 5. The van der Waals surface area contributed by atoms with E-state index in [1.54, 1.807) is 0 Å². The number of carbonyl (C=O) groups is 2. The van der Waals surface area contributed by atoms with Gasteiger partial charge in [0.25, 0.3) is 0 Å². The van der Waals surface area contributed by atoms with E-state index in [-0.39, 0.29) is 30.1 Å². The van der Waals surface area contributed by atoms with Gasteiger partial charge in [-0.15, -0.1) is 0 Å². The maximum atomic E-state index is 9.64. The van der Waals surface area contributed by atoms with Gasteiger partial charge in [-0.2, -0.15) is 0 Å². The summed E-state index contributed by atoms with van der Waals surface area (Å²) in [6.07, 6.45) is -0.593. The Bertz CT molecular complexity index is 335. The SMILES string of the molecule is O=C(O)CCC(=O)O.Oc1cc(O)cc(O)c1. The second-order valence-corrected chi connectivity index (χ2v) is 3.00. The van der Waals surface area contributed by atoms with Crippen LogP contribution in [-0.2, 0) is 9.59 Å². The highest BCUT2D eigenvalue weighted by molar-refractivity contribution is 5.75. The first-order chi connectivity index (χ1) is 7.81. The molecule has 0 aromatic heterocycles. The van der Waals surface area contributed by atoms with Crippen LogP contribution in [0, 0.1) is 0 Å². The van der Waals surface area contributed by atoms with Crippen LogP contribution in [-0.4, -0.2) is 37.5 Å². The van der Waals surface area contributed by atoms with Crippen molar-refractivity contribution in [3.63, 3.8) is 0 Å². The van der Waals surface area contributed by atoms with E-state index < -0.39 is 11.9 Å². The molecular formula is C10H12O7. The van der Waals surface area contributed by atoms with Crippen LogP contribution < -0.4 is 0 Å². The minimum atomic E-state index is -1.08. The fourth-order valence-electron chi connectivity index (χ4n) is 0.793. The first-order valence-corrected chi connectivity index (χ1v) is 4.47. The Kier molecular flexibility index (Phi) is 5.94. The molecule has 0 fully saturated rings. The maximum Gasteiger partial charge on any atom is 0.303 e. The normalized spacial score (nSPS) is 8.94. The van der Waals surface area contributed by atoms with Gasteiger partial charge in [0.15, 0.2) is 0 Å². The molecule has 0 saturated carbocycles. The van der Waals surface area contributed by atoms with Crippen molar-refractivity contribution in [3.8, 4) is 17.2 Å². The van der Waals surface area contributed by atoms with Crippen LogP contribution in [0.1, 0.15) is 12.8 Å². The van der Waals surface area contributed by atoms with Crippen LogP contribution in [0.4, 0.5) is 0 Å². The Balaban J connectivity index is 0.000000304. The van der Waals surface area contributed by atoms with E-state index in [0.29, 0.717) is 0 Å². The lowest BCUT2D eigenvalue weighted by Gasteiger charge is -1.94. The molecule has 94 valence electrons. The molecular weight excluding hydrogens is 232 g/mol. The van der Waals surface area contributed by atoms with Gasteiger partial charge in [-0.3, -0.25) is 9.59 Å². The number of hydrogen-bond acceptors (Lipinski definition) is 5. The van der Waals surface area contributed by atoms with E-state index in [9.17, 15) is 9.59 Å². The van der Waals surface area contributed by atoms with Gasteiger partial charge in [0.1, 0.15) is 17.2 Å². The van der Waals surface area contributed by atoms with Crippen molar-refractivity contribution in [1.82, 2.24) is 0 Å². The van der Waals surface area contributed by atoms with Crippen molar-refractivity contribution in [3.05, 3.63) is 18.2 Å². The first-order valence-electron chi connectivity index (χ1n) is 4.47. The molecule has 0 radical (unpaired) electrons. The molecule has 1 aromatic carbocycles. The van der Waals surface area contributed by atoms with E-state index in [1.807, 2.05) is 0 Å². The summed E-state index contributed by atoms with van der Waals surface area (Å²) in [6, 6.07) is 3.42. The molecule has 0 spiro atoms. The zero-order valence-electron chi connectivity index (χ0n) is 8.70. The smallest absolute Gasteiger partial charge is 0.303 e. The van der Waals surface area contributed by atoms with E-state index in [0.717, 1.165) is 18.2 Å². The number of phenolic OH excluding ortho intramolecular Hbond substituents is 3. The molecule has 1 rings (SSSR count). The Hall–Kier alpha value is -2.44. The highest BCUT2D eigenvalue weighted by Crippen LogP contribution is 2.23. The van der Waals surface area contributed by atoms with Crippen LogP contribution in [0.25, 0.3) is 0 Å². The van der Waals surface area contributed by atoms with Gasteiger partial charge in [0.05, 0.1) is 12.8 Å². The average molecular weight is 244 g/mol. The summed E-state index contributed by atoms with van der Waals surface area (Å²) < 4.78 is 0. The van der Waals surface area contributed by atoms with Crippen molar-refractivity contribution in [1.29, 1.82) is 0 Å². The van der Waals surface area contributed by atoms with Crippen molar-refractivity contribution in [2.24, 2.45) is 0 Å². The molecule has 17 heavy (non-hydrogen) atoms. The van der Waals surface area contributed by atoms with Crippen LogP contribution in [0.5, 0.6) is 17.2 Å². The Morgan fingerprint density at radius 3 is 1.18 bits per heavy atom. The van der Waals surface area contributed by atoms with Crippen molar-refractivity contribution < 1.29 is 35.1 Å². The number of aliphatic carboxylic acids is 2. The lowest BCUT2D eigenvalue weighted by molar-refractivity contribution is -0.143. The van der Waals surface area contributed by atoms with Crippen molar-refractivity contribution in [2.75, 3.05) is 0 Å². The fraction of sp³-hybridized carbons (Fsp3) is 0.200. The lowest BCUT2D eigenvalue weighted by atomic mass is 10.3. The van der Waals surface area contributed by atoms with Gasteiger partial charge < -0.3 is 25.5 Å². The Morgan fingerprint density at radius 1 is 0.765 bits per heavy atom. The summed E-state index contributed by atoms with van der Waals surface area (Å²) in [5, 5.41) is 41.8. The van der Waals surface area contributed by atoms with Gasteiger partial charge >= 0.3 is 11.9 Å². The standard InChI is InChI=1S/C6H6O3.C4H6O4/c7-4-1-5(8)3-6(9)2-4;5-3(6)1-2-4(7)8/h1-3,7-9H;1-2H2,(H,5,6)(H,7,8). The van der Waals surface area contributed by atoms with E-state index in [1.165, 1.54) is 0 Å². The van der Waals surface area contributed by atoms with Crippen LogP contribution >= 0.6 is 0 Å². The predicted octanol–water partition coefficient (Wildman–Crippen LogP) is 0.739. The van der Waals surface area contributed by atoms with Crippen molar-refractivity contribution >= 4 is 11.9 Å². The molecule has 0 atom stereocenters. The minimum absolute atomic E-state index is 0.146. The average Bonchev–Trinajstić information content (AvgIpc) is 2.13. The summed E-state index contributed by atoms with van der Waals surface area (Å²) >= 11 is 0. The zero-order chi connectivity index (χ0) is 13.4. The fourth-order valence-corrected chi connectivity index (χ4v) is 0.793. The molecule has 0 aliphatic rings. The third-order valence-electron chi connectivity index (χ3n) is 1.44. The van der Waals surface area contributed by atoms with Crippen LogP contribution in [0.3, 0.4) is 0 Å². The topological polar surface area (TPSA) is 135 Å². The second-order valence-electron chi connectivity index (χ2n) is 3.00. The Morgan fingerprint density at radius 2 is 1.00 bits per heavy atom. The molecule has 0 aliphatic heterocycles. The summed E-state index contributed by atoms with van der Waals surface area (Å²) in [5.41, 5.74) is 0. The minimum Gasteiger partial charge on any atom is -0.508 e. The molecule has 0 unspecified atom stereocenters. The first kappa shape index (κ1) is 14.6. The van der Waals surface area contributed by atoms with E-state index in [2.05, 4.69) is 0 Å². The second kappa shape index (κ2) is 6.94. The van der Waals surface area contributed by atoms with Crippen LogP contribution in [0.2, 0.25) is 0 Å². The van der Waals surface area contributed by atoms with Gasteiger partial charge in [-0.05, 0) is 0 Å². The highest BCUT2D eigenvalue weighted by Gasteiger charge is 2.00. The number of phenols is 3. The number of carboxylic acid groups (broad SMARTS) is 2. The number of rotatable bonds is 3. The summed E-state index contributed by atoms with van der Waals surface area (Å²) in [6.45, 7) is 0. The summed E-state index contributed by atoms with van der Waals surface area (Å²) in [5.74, 6) is -2.59. The highest BCUT2D eigenvalue weighted by atomic mass is 16.4. The molecule has 0 heterocycles. The third-order valence-corrected chi connectivity index (χ3v) is 1.44. The zero-order valence-corrected chi connectivity index (χ0v) is 8.70. The summed E-state index contributed by atoms with van der Waals surface area (Å²) in [7, 11) is 0. The molecule has 0 saturated heterocycles. The Labute approximate surface area is 96.2 Å². The molecule has 5 N–H and O–H groups in total. The lowest BCUT2D eigenvalue weighted by Crippen LogP contribution is -2.00.